The topological polar surface area (TPSA) is 38.7 Å². The van der Waals surface area contributed by atoms with Gasteiger partial charge in [0.25, 0.3) is 0 Å². The Morgan fingerprint density at radius 3 is 2.94 bits per heavy atom. The number of allylic oxidation sites excluding steroid dienone is 6. The fourth-order valence-electron chi connectivity index (χ4n) is 2.11. The van der Waals surface area contributed by atoms with E-state index in [1.807, 2.05) is 37.3 Å². The van der Waals surface area contributed by atoms with Gasteiger partial charge >= 0.3 is 0 Å². The molecule has 3 nitrogen and oxygen atoms in total. The van der Waals surface area contributed by atoms with E-state index in [9.17, 15) is 4.79 Å². The molecule has 0 aromatic heterocycles. The van der Waals surface area contributed by atoms with Crippen molar-refractivity contribution in [1.29, 1.82) is 0 Å². The van der Waals surface area contributed by atoms with Gasteiger partial charge in [0.2, 0.25) is 11.4 Å². The number of oxime groups is 1. The highest BCUT2D eigenvalue weighted by atomic mass is 16.7. The predicted octanol–water partition coefficient (Wildman–Crippen LogP) is 3.11. The molecule has 94 valence electrons. The molecule has 0 N–H and O–H groups in total. The number of carbonyl (C=O) groups is 1. The summed E-state index contributed by atoms with van der Waals surface area (Å²) in [6.07, 6.45) is 12.0. The van der Waals surface area contributed by atoms with E-state index in [-0.39, 0.29) is 5.78 Å². The molecule has 2 rings (SSSR count). The molecule has 0 spiro atoms. The Kier molecular flexibility index (Phi) is 3.32. The Morgan fingerprint density at radius 2 is 2.22 bits per heavy atom. The third-order valence-corrected chi connectivity index (χ3v) is 3.37. The van der Waals surface area contributed by atoms with Crippen LogP contribution < -0.4 is 0 Å². The van der Waals surface area contributed by atoms with E-state index in [4.69, 9.17) is 4.84 Å². The smallest absolute Gasteiger partial charge is 0.217 e. The summed E-state index contributed by atoms with van der Waals surface area (Å²) in [7, 11) is 0. The van der Waals surface area contributed by atoms with Gasteiger partial charge < -0.3 is 4.84 Å². The van der Waals surface area contributed by atoms with Crippen molar-refractivity contribution in [2.24, 2.45) is 5.16 Å². The number of rotatable bonds is 2. The Hall–Kier alpha value is -1.90. The summed E-state index contributed by atoms with van der Waals surface area (Å²) in [5.41, 5.74) is 1.67. The average molecular weight is 243 g/mol. The van der Waals surface area contributed by atoms with Crippen LogP contribution in [0.4, 0.5) is 0 Å². The summed E-state index contributed by atoms with van der Waals surface area (Å²) < 4.78 is 0. The number of hydrogen-bond donors (Lipinski definition) is 0. The number of Topliss-reactive ketones (excluding diaryl/α,β-unsaturated/α-hetero) is 1. The summed E-state index contributed by atoms with van der Waals surface area (Å²) in [5, 5.41) is 3.78. The summed E-state index contributed by atoms with van der Waals surface area (Å²) in [4.78, 5) is 18.0. The molecular formula is C15H17NO2. The molecule has 1 unspecified atom stereocenters. The molecule has 2 aliphatic rings. The van der Waals surface area contributed by atoms with Crippen LogP contribution in [0.1, 0.15) is 27.2 Å². The predicted molar refractivity (Wildman–Crippen MR) is 72.3 cm³/mol. The Morgan fingerprint density at radius 1 is 1.44 bits per heavy atom. The zero-order chi connectivity index (χ0) is 13.2. The van der Waals surface area contributed by atoms with Gasteiger partial charge in [0, 0.05) is 11.8 Å². The Balaban J connectivity index is 2.44. The maximum Gasteiger partial charge on any atom is 0.217 e. The van der Waals surface area contributed by atoms with Crippen molar-refractivity contribution in [3.8, 4) is 0 Å². The first-order valence-electron chi connectivity index (χ1n) is 6.05. The van der Waals surface area contributed by atoms with E-state index in [2.05, 4.69) is 5.16 Å². The van der Waals surface area contributed by atoms with Gasteiger partial charge in [-0.25, -0.2) is 0 Å². The van der Waals surface area contributed by atoms with Crippen LogP contribution >= 0.6 is 0 Å². The van der Waals surface area contributed by atoms with E-state index in [0.717, 1.165) is 16.7 Å². The first-order valence-corrected chi connectivity index (χ1v) is 6.05. The van der Waals surface area contributed by atoms with Crippen LogP contribution in [0.5, 0.6) is 0 Å². The molecule has 2 aliphatic carbocycles. The van der Waals surface area contributed by atoms with Crippen LogP contribution in [-0.2, 0) is 9.63 Å². The molecular weight excluding hydrogens is 226 g/mol. The van der Waals surface area contributed by atoms with Crippen molar-refractivity contribution in [3.63, 3.8) is 0 Å². The standard InChI is InChI=1S/C15H17NO2/c1-4-16-18-15(3)11(2)10-12-8-6-5-7-9-13(12)14(15)17/h4-8,10H,9H2,1-3H3/b16-4+. The third kappa shape index (κ3) is 1.96. The van der Waals surface area contributed by atoms with Gasteiger partial charge in [-0.3, -0.25) is 4.79 Å². The van der Waals surface area contributed by atoms with Crippen LogP contribution in [0.25, 0.3) is 0 Å². The molecule has 0 saturated heterocycles. The molecule has 1 atom stereocenters. The molecule has 0 aliphatic heterocycles. The lowest BCUT2D eigenvalue weighted by Gasteiger charge is -2.31. The van der Waals surface area contributed by atoms with Crippen molar-refractivity contribution in [3.05, 3.63) is 47.1 Å². The lowest BCUT2D eigenvalue weighted by atomic mass is 9.79. The molecule has 0 saturated carbocycles. The van der Waals surface area contributed by atoms with Crippen LogP contribution in [-0.4, -0.2) is 17.6 Å². The van der Waals surface area contributed by atoms with Crippen molar-refractivity contribution in [2.75, 3.05) is 0 Å². The van der Waals surface area contributed by atoms with Crippen LogP contribution in [0.3, 0.4) is 0 Å². The number of carbonyl (C=O) groups excluding carboxylic acids is 1. The fourth-order valence-corrected chi connectivity index (χ4v) is 2.11. The van der Waals surface area contributed by atoms with Gasteiger partial charge in [0.05, 0.1) is 0 Å². The van der Waals surface area contributed by atoms with Gasteiger partial charge in [0.15, 0.2) is 0 Å². The molecule has 0 amide bonds. The molecule has 0 radical (unpaired) electrons. The van der Waals surface area contributed by atoms with Gasteiger partial charge in [-0.1, -0.05) is 35.5 Å². The largest absolute Gasteiger partial charge is 0.377 e. The van der Waals surface area contributed by atoms with Gasteiger partial charge in [-0.15, -0.1) is 0 Å². The molecule has 0 bridgehead atoms. The number of hydrogen-bond acceptors (Lipinski definition) is 3. The zero-order valence-corrected chi connectivity index (χ0v) is 10.9. The summed E-state index contributed by atoms with van der Waals surface area (Å²) >= 11 is 0. The van der Waals surface area contributed by atoms with Crippen LogP contribution in [0.2, 0.25) is 0 Å². The lowest BCUT2D eigenvalue weighted by molar-refractivity contribution is -0.134. The van der Waals surface area contributed by atoms with E-state index < -0.39 is 5.60 Å². The van der Waals surface area contributed by atoms with E-state index in [0.29, 0.717) is 6.42 Å². The van der Waals surface area contributed by atoms with Crippen molar-refractivity contribution in [1.82, 2.24) is 0 Å². The van der Waals surface area contributed by atoms with Crippen molar-refractivity contribution >= 4 is 12.0 Å². The first kappa shape index (κ1) is 12.6. The highest BCUT2D eigenvalue weighted by Crippen LogP contribution is 2.35. The van der Waals surface area contributed by atoms with E-state index in [1.54, 1.807) is 20.1 Å². The molecule has 3 heteroatoms. The quantitative estimate of drug-likeness (QED) is 0.552. The number of nitrogens with zero attached hydrogens (tertiary/aromatic N) is 1. The van der Waals surface area contributed by atoms with Gasteiger partial charge in [0.1, 0.15) is 0 Å². The summed E-state index contributed by atoms with van der Waals surface area (Å²) in [5.74, 6) is -0.000648. The summed E-state index contributed by atoms with van der Waals surface area (Å²) in [6.45, 7) is 5.44. The van der Waals surface area contributed by atoms with E-state index >= 15 is 0 Å². The Labute approximate surface area is 107 Å². The summed E-state index contributed by atoms with van der Waals surface area (Å²) in [6, 6.07) is 0. The van der Waals surface area contributed by atoms with E-state index in [1.165, 1.54) is 0 Å². The second-order valence-corrected chi connectivity index (χ2v) is 4.57. The minimum absolute atomic E-state index is 0.000648. The zero-order valence-electron chi connectivity index (χ0n) is 10.9. The lowest BCUT2D eigenvalue weighted by Crippen LogP contribution is -2.41. The average Bonchev–Trinajstić information content (AvgIpc) is 2.59. The minimum atomic E-state index is -0.975. The normalized spacial score (nSPS) is 27.3. The highest BCUT2D eigenvalue weighted by molar-refractivity contribution is 6.07. The second kappa shape index (κ2) is 4.77. The van der Waals surface area contributed by atoms with Crippen LogP contribution in [0.15, 0.2) is 52.3 Å². The second-order valence-electron chi connectivity index (χ2n) is 4.57. The fraction of sp³-hybridized carbons (Fsp3) is 0.333. The SMILES string of the molecule is C/C=N/OC1(C)C(=O)C2=C(C=CC=CC2)C=C1C. The van der Waals surface area contributed by atoms with Crippen LogP contribution in [0, 0.1) is 0 Å². The highest BCUT2D eigenvalue weighted by Gasteiger charge is 2.42. The van der Waals surface area contributed by atoms with Crippen molar-refractivity contribution in [2.45, 2.75) is 32.8 Å². The molecule has 0 aromatic carbocycles. The molecule has 0 heterocycles. The molecule has 0 fully saturated rings. The minimum Gasteiger partial charge on any atom is -0.377 e. The monoisotopic (exact) mass is 243 g/mol. The van der Waals surface area contributed by atoms with Gasteiger partial charge in [-0.05, 0) is 38.3 Å². The Bertz CT molecular complexity index is 521. The maximum atomic E-state index is 12.6. The van der Waals surface area contributed by atoms with Gasteiger partial charge in [-0.2, -0.15) is 0 Å². The molecule has 0 aromatic rings. The van der Waals surface area contributed by atoms with Crippen molar-refractivity contribution < 1.29 is 9.63 Å². The number of ketones is 1. The molecule has 18 heavy (non-hydrogen) atoms. The maximum absolute atomic E-state index is 12.6. The first-order chi connectivity index (χ1) is 8.59. The third-order valence-electron chi connectivity index (χ3n) is 3.37.